The molecular weight excluding hydrogens is 270 g/mol. The summed E-state index contributed by atoms with van der Waals surface area (Å²) < 4.78 is 7.55. The maximum atomic E-state index is 9.78. The molecule has 0 bridgehead atoms. The van der Waals surface area contributed by atoms with Crippen LogP contribution in [0.2, 0.25) is 0 Å². The number of hydrogen-bond acceptors (Lipinski definition) is 3. The highest BCUT2D eigenvalue weighted by atomic mass is 35.5. The molecule has 5 heteroatoms. The van der Waals surface area contributed by atoms with Gasteiger partial charge in [-0.1, -0.05) is 17.8 Å². The Labute approximate surface area is 120 Å². The van der Waals surface area contributed by atoms with Crippen LogP contribution in [0.25, 0.3) is 0 Å². The minimum Gasteiger partial charge on any atom is -1.00 e. The van der Waals surface area contributed by atoms with E-state index < -0.39 is 0 Å². The molecule has 3 nitrogen and oxygen atoms in total. The molecule has 0 aliphatic rings. The topological polar surface area (TPSA) is 33.3 Å². The van der Waals surface area contributed by atoms with Crippen LogP contribution >= 0.6 is 11.9 Å². The summed E-state index contributed by atoms with van der Waals surface area (Å²) in [6, 6.07) is 5.80. The smallest absolute Gasteiger partial charge is 0.381 e. The highest BCUT2D eigenvalue weighted by Gasteiger charge is 2.13. The zero-order chi connectivity index (χ0) is 12.7. The second-order valence-corrected chi connectivity index (χ2v) is 5.24. The first-order valence-electron chi connectivity index (χ1n) is 5.99. The standard InChI is InChI=1S/C13H22NO2S.ClH/c1-11(2)7-8-12(15)10-16-13-6-4-5-9-14(13)17-3;/h4-6,9,11-12,15H,7-8,10H2,1-3H3;1H/q+1;/p-1. The van der Waals surface area contributed by atoms with Gasteiger partial charge >= 0.3 is 5.88 Å². The van der Waals surface area contributed by atoms with Crippen LogP contribution in [0, 0.1) is 5.92 Å². The van der Waals surface area contributed by atoms with E-state index in [4.69, 9.17) is 4.74 Å². The zero-order valence-corrected chi connectivity index (χ0v) is 12.7. The highest BCUT2D eigenvalue weighted by Crippen LogP contribution is 2.09. The van der Waals surface area contributed by atoms with E-state index in [1.807, 2.05) is 34.6 Å². The SMILES string of the molecule is CS[n+]1ccccc1OCC(O)CCC(C)C.[Cl-]. The first-order valence-corrected chi connectivity index (χ1v) is 7.17. The van der Waals surface area contributed by atoms with Crippen molar-refractivity contribution in [2.75, 3.05) is 12.9 Å². The predicted molar refractivity (Wildman–Crippen MR) is 71.1 cm³/mol. The van der Waals surface area contributed by atoms with Crippen LogP contribution in [0.4, 0.5) is 0 Å². The third-order valence-electron chi connectivity index (χ3n) is 2.49. The lowest BCUT2D eigenvalue weighted by Gasteiger charge is -2.11. The Balaban J connectivity index is 0.00000289. The summed E-state index contributed by atoms with van der Waals surface area (Å²) in [4.78, 5) is 0. The summed E-state index contributed by atoms with van der Waals surface area (Å²) in [6.07, 6.45) is 5.38. The van der Waals surface area contributed by atoms with Crippen LogP contribution in [-0.4, -0.2) is 24.1 Å². The maximum absolute atomic E-state index is 9.78. The van der Waals surface area contributed by atoms with Gasteiger partial charge in [0.2, 0.25) is 0 Å². The third kappa shape index (κ3) is 6.47. The number of ether oxygens (including phenoxy) is 1. The fourth-order valence-corrected chi connectivity index (χ4v) is 1.95. The first kappa shape index (κ1) is 17.6. The van der Waals surface area contributed by atoms with Crippen molar-refractivity contribution >= 4 is 11.9 Å². The quantitative estimate of drug-likeness (QED) is 0.673. The van der Waals surface area contributed by atoms with Crippen molar-refractivity contribution in [1.82, 2.24) is 0 Å². The molecule has 1 N–H and O–H groups in total. The Bertz CT molecular complexity index is 337. The van der Waals surface area contributed by atoms with E-state index in [1.165, 1.54) is 0 Å². The number of halogens is 1. The van der Waals surface area contributed by atoms with Gasteiger partial charge in [0.25, 0.3) is 0 Å². The monoisotopic (exact) mass is 291 g/mol. The van der Waals surface area contributed by atoms with E-state index in [9.17, 15) is 5.11 Å². The molecule has 0 aromatic carbocycles. The average Bonchev–Trinajstić information content (AvgIpc) is 2.34. The molecule has 0 aliphatic heterocycles. The van der Waals surface area contributed by atoms with Crippen LogP contribution in [0.5, 0.6) is 5.88 Å². The van der Waals surface area contributed by atoms with Crippen molar-refractivity contribution < 1.29 is 26.2 Å². The highest BCUT2D eigenvalue weighted by molar-refractivity contribution is 7.92. The number of aliphatic hydroxyl groups excluding tert-OH is 1. The number of aromatic nitrogens is 1. The van der Waals surface area contributed by atoms with Crippen molar-refractivity contribution in [2.45, 2.75) is 32.8 Å². The Morgan fingerprint density at radius 2 is 2.06 bits per heavy atom. The van der Waals surface area contributed by atoms with E-state index in [2.05, 4.69) is 13.8 Å². The molecular formula is C13H22ClNO2S. The normalized spacial score (nSPS) is 12.1. The molecule has 0 spiro atoms. The average molecular weight is 292 g/mol. The molecule has 18 heavy (non-hydrogen) atoms. The summed E-state index contributed by atoms with van der Waals surface area (Å²) in [5, 5.41) is 9.78. The van der Waals surface area contributed by atoms with Crippen molar-refractivity contribution in [1.29, 1.82) is 0 Å². The van der Waals surface area contributed by atoms with Gasteiger partial charge in [0.1, 0.15) is 6.61 Å². The van der Waals surface area contributed by atoms with Gasteiger partial charge in [-0.25, -0.2) is 0 Å². The molecule has 104 valence electrons. The van der Waals surface area contributed by atoms with E-state index in [-0.39, 0.29) is 18.5 Å². The van der Waals surface area contributed by atoms with E-state index in [0.29, 0.717) is 12.5 Å². The summed E-state index contributed by atoms with van der Waals surface area (Å²) in [6.45, 7) is 4.68. The number of rotatable bonds is 7. The molecule has 1 unspecified atom stereocenters. The number of nitrogens with zero attached hydrogens (tertiary/aromatic N) is 1. The van der Waals surface area contributed by atoms with Gasteiger partial charge in [-0.15, -0.1) is 0 Å². The van der Waals surface area contributed by atoms with E-state index in [0.717, 1.165) is 18.7 Å². The van der Waals surface area contributed by atoms with Crippen molar-refractivity contribution in [3.05, 3.63) is 24.4 Å². The minimum absolute atomic E-state index is 0. The lowest BCUT2D eigenvalue weighted by atomic mass is 10.1. The van der Waals surface area contributed by atoms with Gasteiger partial charge in [0.05, 0.1) is 12.2 Å². The lowest BCUT2D eigenvalue weighted by molar-refractivity contribution is -0.505. The van der Waals surface area contributed by atoms with Crippen molar-refractivity contribution in [3.8, 4) is 5.88 Å². The fraction of sp³-hybridized carbons (Fsp3) is 0.615. The number of pyridine rings is 1. The zero-order valence-electron chi connectivity index (χ0n) is 11.2. The molecule has 1 atom stereocenters. The largest absolute Gasteiger partial charge is 1.00 e. The molecule has 0 saturated heterocycles. The molecule has 1 heterocycles. The van der Waals surface area contributed by atoms with Crippen molar-refractivity contribution in [2.24, 2.45) is 5.92 Å². The third-order valence-corrected chi connectivity index (χ3v) is 3.18. The number of hydrogen-bond donors (Lipinski definition) is 1. The summed E-state index contributed by atoms with van der Waals surface area (Å²) in [7, 11) is 0. The molecule has 0 fully saturated rings. The second-order valence-electron chi connectivity index (χ2n) is 4.48. The lowest BCUT2D eigenvalue weighted by Crippen LogP contribution is -3.00. The summed E-state index contributed by atoms with van der Waals surface area (Å²) in [5.41, 5.74) is 0. The molecule has 0 aliphatic carbocycles. The van der Waals surface area contributed by atoms with Gasteiger partial charge < -0.3 is 22.3 Å². The fourth-order valence-electron chi connectivity index (χ4n) is 1.47. The Morgan fingerprint density at radius 1 is 1.33 bits per heavy atom. The molecule has 0 saturated carbocycles. The van der Waals surface area contributed by atoms with Gasteiger partial charge in [0.15, 0.2) is 18.1 Å². The first-order chi connectivity index (χ1) is 8.13. The molecule has 1 aromatic heterocycles. The Kier molecular flexibility index (Phi) is 9.24. The van der Waals surface area contributed by atoms with Crippen LogP contribution in [-0.2, 0) is 0 Å². The Morgan fingerprint density at radius 3 is 2.67 bits per heavy atom. The van der Waals surface area contributed by atoms with Gasteiger partial charge in [0, 0.05) is 12.3 Å². The van der Waals surface area contributed by atoms with Crippen LogP contribution in [0.1, 0.15) is 26.7 Å². The van der Waals surface area contributed by atoms with Crippen LogP contribution in [0.15, 0.2) is 24.4 Å². The van der Waals surface area contributed by atoms with Gasteiger partial charge in [-0.2, -0.15) is 0 Å². The molecule has 0 radical (unpaired) electrons. The maximum Gasteiger partial charge on any atom is 0.381 e. The Hall–Kier alpha value is -0.450. The molecule has 1 rings (SSSR count). The number of aliphatic hydroxyl groups is 1. The minimum atomic E-state index is -0.382. The molecule has 1 aromatic rings. The van der Waals surface area contributed by atoms with Crippen molar-refractivity contribution in [3.63, 3.8) is 0 Å². The van der Waals surface area contributed by atoms with Gasteiger partial charge in [-0.3, -0.25) is 0 Å². The summed E-state index contributed by atoms with van der Waals surface area (Å²) >= 11 is 1.58. The van der Waals surface area contributed by atoms with E-state index in [1.54, 1.807) is 11.9 Å². The van der Waals surface area contributed by atoms with Crippen LogP contribution in [0.3, 0.4) is 0 Å². The van der Waals surface area contributed by atoms with Crippen LogP contribution < -0.4 is 21.1 Å². The predicted octanol–water partition coefficient (Wildman–Crippen LogP) is -0.720. The summed E-state index contributed by atoms with van der Waals surface area (Å²) in [5.74, 6) is 1.40. The van der Waals surface area contributed by atoms with E-state index >= 15 is 0 Å². The van der Waals surface area contributed by atoms with Gasteiger partial charge in [-0.05, 0) is 24.8 Å². The molecule has 0 amide bonds. The second kappa shape index (κ2) is 9.48.